The first-order valence-electron chi connectivity index (χ1n) is 10.9. The zero-order chi connectivity index (χ0) is 24.5. The summed E-state index contributed by atoms with van der Waals surface area (Å²) in [4.78, 5) is 41.8. The fourth-order valence-electron chi connectivity index (χ4n) is 3.46. The quantitative estimate of drug-likeness (QED) is 0.451. The molecular weight excluding hydrogens is 479 g/mol. The smallest absolute Gasteiger partial charge is 0.328 e. The molecule has 2 aromatic carbocycles. The molecular formula is C24H26Cl2N4O4. The number of anilines is 1. The molecule has 0 aliphatic carbocycles. The first-order valence-corrected chi connectivity index (χ1v) is 11.7. The number of rotatable bonds is 9. The number of hydrogen-bond acceptors (Lipinski definition) is 6. The predicted molar refractivity (Wildman–Crippen MR) is 133 cm³/mol. The van der Waals surface area contributed by atoms with E-state index in [1.165, 1.54) is 0 Å². The molecule has 0 aromatic heterocycles. The molecule has 0 radical (unpaired) electrons. The van der Waals surface area contributed by atoms with Crippen LogP contribution in [0.2, 0.25) is 10.0 Å². The van der Waals surface area contributed by atoms with E-state index in [1.807, 2.05) is 6.07 Å². The second kappa shape index (κ2) is 12.4. The van der Waals surface area contributed by atoms with Crippen molar-refractivity contribution in [2.24, 2.45) is 4.99 Å². The molecule has 8 nitrogen and oxygen atoms in total. The van der Waals surface area contributed by atoms with Gasteiger partial charge in [0.05, 0.1) is 13.2 Å². The molecule has 0 saturated carbocycles. The summed E-state index contributed by atoms with van der Waals surface area (Å²) in [5, 5.41) is 9.22. The highest BCUT2D eigenvalue weighted by Crippen LogP contribution is 2.20. The number of carbonyl (C=O) groups excluding carboxylic acids is 3. The van der Waals surface area contributed by atoms with Gasteiger partial charge in [0.1, 0.15) is 11.9 Å². The molecule has 1 unspecified atom stereocenters. The van der Waals surface area contributed by atoms with Crippen LogP contribution in [-0.2, 0) is 20.7 Å². The van der Waals surface area contributed by atoms with E-state index in [0.29, 0.717) is 21.2 Å². The number of benzene rings is 2. The van der Waals surface area contributed by atoms with E-state index in [1.54, 1.807) is 43.3 Å². The fourth-order valence-corrected chi connectivity index (χ4v) is 4.03. The van der Waals surface area contributed by atoms with E-state index in [2.05, 4.69) is 20.9 Å². The molecule has 1 aliphatic heterocycles. The van der Waals surface area contributed by atoms with Crippen LogP contribution in [0, 0.1) is 0 Å². The summed E-state index contributed by atoms with van der Waals surface area (Å²) in [6.07, 6.45) is 2.02. The molecule has 0 bridgehead atoms. The molecule has 2 aromatic rings. The Labute approximate surface area is 208 Å². The average molecular weight is 505 g/mol. The number of nitrogens with zero attached hydrogens (tertiary/aromatic N) is 1. The minimum atomic E-state index is -0.960. The molecule has 3 N–H and O–H groups in total. The van der Waals surface area contributed by atoms with Gasteiger partial charge in [0, 0.05) is 40.7 Å². The summed E-state index contributed by atoms with van der Waals surface area (Å²) in [6.45, 7) is 2.33. The SMILES string of the molecule is CCOC(=O)C(Cc1cc(Cl)cc(Cl)c1)NC(=O)CNC(=O)c1cccc(NC2=NCCC2)c1. The molecule has 2 amide bonds. The summed E-state index contributed by atoms with van der Waals surface area (Å²) < 4.78 is 5.08. The van der Waals surface area contributed by atoms with Gasteiger partial charge in [-0.2, -0.15) is 0 Å². The largest absolute Gasteiger partial charge is 0.464 e. The van der Waals surface area contributed by atoms with E-state index < -0.39 is 23.8 Å². The van der Waals surface area contributed by atoms with Crippen LogP contribution in [0.3, 0.4) is 0 Å². The van der Waals surface area contributed by atoms with Gasteiger partial charge in [-0.05, 0) is 55.3 Å². The van der Waals surface area contributed by atoms with Crippen molar-refractivity contribution in [2.45, 2.75) is 32.2 Å². The molecule has 0 fully saturated rings. The highest BCUT2D eigenvalue weighted by Gasteiger charge is 2.23. The van der Waals surface area contributed by atoms with Crippen molar-refractivity contribution in [3.63, 3.8) is 0 Å². The Balaban J connectivity index is 1.58. The number of ether oxygens (including phenoxy) is 1. The zero-order valence-electron chi connectivity index (χ0n) is 18.7. The molecule has 34 heavy (non-hydrogen) atoms. The van der Waals surface area contributed by atoms with Gasteiger partial charge in [0.25, 0.3) is 5.91 Å². The molecule has 3 rings (SSSR count). The van der Waals surface area contributed by atoms with Crippen molar-refractivity contribution in [2.75, 3.05) is 25.0 Å². The highest BCUT2D eigenvalue weighted by atomic mass is 35.5. The lowest BCUT2D eigenvalue weighted by Gasteiger charge is -2.18. The molecule has 0 saturated heterocycles. The average Bonchev–Trinajstić information content (AvgIpc) is 3.29. The van der Waals surface area contributed by atoms with E-state index in [4.69, 9.17) is 27.9 Å². The summed E-state index contributed by atoms with van der Waals surface area (Å²) in [5.74, 6) is -0.648. The van der Waals surface area contributed by atoms with Gasteiger partial charge in [-0.15, -0.1) is 0 Å². The van der Waals surface area contributed by atoms with Crippen molar-refractivity contribution in [1.82, 2.24) is 10.6 Å². The number of nitrogens with one attached hydrogen (secondary N) is 3. The second-order valence-electron chi connectivity index (χ2n) is 7.67. The number of amides is 2. The lowest BCUT2D eigenvalue weighted by molar-refractivity contribution is -0.147. The molecule has 1 aliphatic rings. The van der Waals surface area contributed by atoms with E-state index in [9.17, 15) is 14.4 Å². The number of halogens is 2. The van der Waals surface area contributed by atoms with Crippen LogP contribution in [0.25, 0.3) is 0 Å². The number of aliphatic imine (C=N–C) groups is 1. The summed E-state index contributed by atoms with van der Waals surface area (Å²) in [6, 6.07) is 10.9. The van der Waals surface area contributed by atoms with Crippen LogP contribution in [0.1, 0.15) is 35.7 Å². The molecule has 1 atom stereocenters. The highest BCUT2D eigenvalue weighted by molar-refractivity contribution is 6.34. The number of hydrogen-bond donors (Lipinski definition) is 3. The zero-order valence-corrected chi connectivity index (χ0v) is 20.2. The Morgan fingerprint density at radius 2 is 1.88 bits per heavy atom. The fraction of sp³-hybridized carbons (Fsp3) is 0.333. The normalized spacial score (nSPS) is 13.6. The molecule has 0 spiro atoms. The van der Waals surface area contributed by atoms with Crippen LogP contribution in [0.15, 0.2) is 47.5 Å². The lowest BCUT2D eigenvalue weighted by Crippen LogP contribution is -2.47. The van der Waals surface area contributed by atoms with Crippen LogP contribution in [0.5, 0.6) is 0 Å². The van der Waals surface area contributed by atoms with E-state index in [0.717, 1.165) is 30.9 Å². The summed E-state index contributed by atoms with van der Waals surface area (Å²) in [5.41, 5.74) is 1.81. The van der Waals surface area contributed by atoms with E-state index >= 15 is 0 Å². The van der Waals surface area contributed by atoms with Crippen LogP contribution >= 0.6 is 23.2 Å². The second-order valence-corrected chi connectivity index (χ2v) is 8.55. The summed E-state index contributed by atoms with van der Waals surface area (Å²) >= 11 is 12.1. The third-order valence-corrected chi connectivity index (χ3v) is 5.40. The third-order valence-electron chi connectivity index (χ3n) is 4.97. The number of esters is 1. The third kappa shape index (κ3) is 7.74. The van der Waals surface area contributed by atoms with Crippen LogP contribution in [-0.4, -0.2) is 49.4 Å². The first-order chi connectivity index (χ1) is 16.3. The maximum absolute atomic E-state index is 12.6. The monoisotopic (exact) mass is 504 g/mol. The van der Waals surface area contributed by atoms with Gasteiger partial charge < -0.3 is 20.7 Å². The molecule has 10 heteroatoms. The molecule has 180 valence electrons. The maximum atomic E-state index is 12.6. The Morgan fingerprint density at radius 1 is 1.12 bits per heavy atom. The lowest BCUT2D eigenvalue weighted by atomic mass is 10.1. The van der Waals surface area contributed by atoms with Gasteiger partial charge in [-0.3, -0.25) is 14.6 Å². The first kappa shape index (κ1) is 25.5. The van der Waals surface area contributed by atoms with E-state index in [-0.39, 0.29) is 19.6 Å². The predicted octanol–water partition coefficient (Wildman–Crippen LogP) is 3.62. The minimum absolute atomic E-state index is 0.135. The van der Waals surface area contributed by atoms with Crippen molar-refractivity contribution in [1.29, 1.82) is 0 Å². The van der Waals surface area contributed by atoms with Crippen molar-refractivity contribution in [3.8, 4) is 0 Å². The number of carbonyl (C=O) groups is 3. The minimum Gasteiger partial charge on any atom is -0.464 e. The van der Waals surface area contributed by atoms with Crippen LogP contribution < -0.4 is 16.0 Å². The van der Waals surface area contributed by atoms with Crippen molar-refractivity contribution >= 4 is 52.5 Å². The Morgan fingerprint density at radius 3 is 2.56 bits per heavy atom. The van der Waals surface area contributed by atoms with Crippen molar-refractivity contribution < 1.29 is 19.1 Å². The van der Waals surface area contributed by atoms with Gasteiger partial charge in [-0.25, -0.2) is 4.79 Å². The Bertz CT molecular complexity index is 1070. The Hall–Kier alpha value is -3.10. The topological polar surface area (TPSA) is 109 Å². The maximum Gasteiger partial charge on any atom is 0.328 e. The Kier molecular flexibility index (Phi) is 9.30. The standard InChI is InChI=1S/C24H26Cl2N4O4/c1-2-34-24(33)20(11-15-9-17(25)13-18(26)10-15)30-22(31)14-28-23(32)16-5-3-6-19(12-16)29-21-7-4-8-27-21/h3,5-6,9-10,12-13,20H,2,4,7-8,11,14H2,1H3,(H,27,29)(H,28,32)(H,30,31). The molecule has 1 heterocycles. The van der Waals surface area contributed by atoms with Gasteiger partial charge >= 0.3 is 5.97 Å². The van der Waals surface area contributed by atoms with Gasteiger partial charge in [0.2, 0.25) is 5.91 Å². The summed E-state index contributed by atoms with van der Waals surface area (Å²) in [7, 11) is 0. The van der Waals surface area contributed by atoms with Crippen molar-refractivity contribution in [3.05, 3.63) is 63.6 Å². The van der Waals surface area contributed by atoms with Gasteiger partial charge in [-0.1, -0.05) is 29.3 Å². The van der Waals surface area contributed by atoms with Crippen LogP contribution in [0.4, 0.5) is 5.69 Å². The number of amidine groups is 1. The van der Waals surface area contributed by atoms with Gasteiger partial charge in [0.15, 0.2) is 0 Å².